The number of aryl methyl sites for hydroxylation is 1. The number of nitriles is 1. The van der Waals surface area contributed by atoms with Gasteiger partial charge in [0.25, 0.3) is 0 Å². The summed E-state index contributed by atoms with van der Waals surface area (Å²) >= 11 is 0. The van der Waals surface area contributed by atoms with Crippen LogP contribution in [0.25, 0.3) is 5.65 Å². The first kappa shape index (κ1) is 14.1. The third-order valence-corrected chi connectivity index (χ3v) is 2.96. The Labute approximate surface area is 116 Å². The highest BCUT2D eigenvalue weighted by atomic mass is 16.1. The zero-order valence-electron chi connectivity index (χ0n) is 11.9. The van der Waals surface area contributed by atoms with Crippen LogP contribution in [0.2, 0.25) is 0 Å². The van der Waals surface area contributed by atoms with Gasteiger partial charge >= 0.3 is 5.69 Å². The Hall–Kier alpha value is -2.36. The van der Waals surface area contributed by atoms with Gasteiger partial charge in [0, 0.05) is 19.2 Å². The molecule has 0 saturated carbocycles. The molecule has 0 spiro atoms. The van der Waals surface area contributed by atoms with Crippen molar-refractivity contribution in [3.05, 3.63) is 22.4 Å². The monoisotopic (exact) mass is 274 g/mol. The van der Waals surface area contributed by atoms with Crippen LogP contribution in [0.5, 0.6) is 0 Å². The molecule has 0 bridgehead atoms. The first-order chi connectivity index (χ1) is 9.52. The number of H-pyrrole nitrogens is 1. The second kappa shape index (κ2) is 5.74. The quantitative estimate of drug-likeness (QED) is 0.881. The molecule has 2 heterocycles. The fourth-order valence-electron chi connectivity index (χ4n) is 2.17. The molecule has 106 valence electrons. The second-order valence-electron chi connectivity index (χ2n) is 5.13. The van der Waals surface area contributed by atoms with Crippen molar-refractivity contribution < 1.29 is 0 Å². The van der Waals surface area contributed by atoms with E-state index in [4.69, 9.17) is 5.26 Å². The summed E-state index contributed by atoms with van der Waals surface area (Å²) in [6, 6.07) is 3.92. The summed E-state index contributed by atoms with van der Waals surface area (Å²) < 4.78 is 1.43. The van der Waals surface area contributed by atoms with E-state index in [1.165, 1.54) is 4.40 Å². The molecule has 2 rings (SSSR count). The fourth-order valence-corrected chi connectivity index (χ4v) is 2.17. The molecule has 0 aromatic carbocycles. The molecule has 0 fully saturated rings. The number of hydrogen-bond donors (Lipinski definition) is 1. The van der Waals surface area contributed by atoms with E-state index in [-0.39, 0.29) is 5.69 Å². The minimum absolute atomic E-state index is 0.288. The van der Waals surface area contributed by atoms with Crippen molar-refractivity contribution in [2.75, 3.05) is 18.0 Å². The van der Waals surface area contributed by atoms with E-state index >= 15 is 0 Å². The molecule has 0 unspecified atom stereocenters. The lowest BCUT2D eigenvalue weighted by Crippen LogP contribution is -2.30. The molecule has 0 saturated heterocycles. The van der Waals surface area contributed by atoms with Gasteiger partial charge in [0.1, 0.15) is 11.6 Å². The van der Waals surface area contributed by atoms with Crippen LogP contribution in [-0.2, 0) is 0 Å². The van der Waals surface area contributed by atoms with Crippen molar-refractivity contribution in [1.82, 2.24) is 19.6 Å². The molecular weight excluding hydrogens is 256 g/mol. The van der Waals surface area contributed by atoms with E-state index in [1.54, 1.807) is 13.0 Å². The second-order valence-corrected chi connectivity index (χ2v) is 5.13. The number of rotatable bonds is 5. The van der Waals surface area contributed by atoms with Crippen molar-refractivity contribution in [3.63, 3.8) is 0 Å². The molecule has 2 aromatic rings. The maximum Gasteiger partial charge on any atom is 0.349 e. The van der Waals surface area contributed by atoms with Crippen LogP contribution in [0.4, 0.5) is 5.82 Å². The number of nitrogens with one attached hydrogen (secondary N) is 1. The zero-order valence-corrected chi connectivity index (χ0v) is 11.9. The first-order valence-electron chi connectivity index (χ1n) is 6.59. The Morgan fingerprint density at radius 2 is 2.30 bits per heavy atom. The van der Waals surface area contributed by atoms with E-state index in [2.05, 4.69) is 40.0 Å². The molecular formula is C13H18N6O. The van der Waals surface area contributed by atoms with Gasteiger partial charge in [0.05, 0.1) is 12.5 Å². The minimum Gasteiger partial charge on any atom is -0.355 e. The van der Waals surface area contributed by atoms with Crippen LogP contribution >= 0.6 is 0 Å². The van der Waals surface area contributed by atoms with Crippen molar-refractivity contribution in [1.29, 1.82) is 5.26 Å². The number of anilines is 1. The lowest BCUT2D eigenvalue weighted by atomic mass is 10.2. The van der Waals surface area contributed by atoms with Gasteiger partial charge in [0.15, 0.2) is 5.65 Å². The summed E-state index contributed by atoms with van der Waals surface area (Å²) in [6.45, 7) is 7.42. The highest BCUT2D eigenvalue weighted by Gasteiger charge is 2.13. The normalized spacial score (nSPS) is 10.9. The topological polar surface area (TPSA) is 90.1 Å². The van der Waals surface area contributed by atoms with E-state index in [0.29, 0.717) is 30.4 Å². The molecule has 7 heteroatoms. The van der Waals surface area contributed by atoms with Crippen molar-refractivity contribution in [3.8, 4) is 6.07 Å². The third kappa shape index (κ3) is 2.79. The first-order valence-corrected chi connectivity index (χ1v) is 6.59. The lowest BCUT2D eigenvalue weighted by molar-refractivity contribution is 0.606. The van der Waals surface area contributed by atoms with Gasteiger partial charge in [-0.3, -0.25) is 0 Å². The average Bonchev–Trinajstić information content (AvgIpc) is 2.76. The van der Waals surface area contributed by atoms with Crippen LogP contribution in [0.1, 0.15) is 26.1 Å². The molecule has 0 radical (unpaired) electrons. The van der Waals surface area contributed by atoms with Crippen LogP contribution < -0.4 is 10.6 Å². The molecule has 7 nitrogen and oxygen atoms in total. The van der Waals surface area contributed by atoms with Crippen molar-refractivity contribution in [2.24, 2.45) is 5.92 Å². The Morgan fingerprint density at radius 3 is 2.95 bits per heavy atom. The number of fused-ring (bicyclic) bond motifs is 1. The lowest BCUT2D eigenvalue weighted by Gasteiger charge is -2.24. The van der Waals surface area contributed by atoms with Crippen LogP contribution in [-0.4, -0.2) is 32.7 Å². The molecule has 2 aromatic heterocycles. The van der Waals surface area contributed by atoms with Crippen LogP contribution in [0, 0.1) is 24.2 Å². The van der Waals surface area contributed by atoms with Gasteiger partial charge in [0.2, 0.25) is 0 Å². The highest BCUT2D eigenvalue weighted by Crippen LogP contribution is 2.15. The van der Waals surface area contributed by atoms with E-state index in [9.17, 15) is 4.79 Å². The smallest absolute Gasteiger partial charge is 0.349 e. The van der Waals surface area contributed by atoms with Gasteiger partial charge in [-0.25, -0.2) is 19.3 Å². The fraction of sp³-hybridized carbons (Fsp3) is 0.538. The molecule has 0 amide bonds. The Balaban J connectivity index is 2.42. The number of aromatic nitrogens is 4. The van der Waals surface area contributed by atoms with Gasteiger partial charge in [-0.2, -0.15) is 10.4 Å². The SMILES string of the molecule is Cc1nc(N(CCC#N)CC(C)C)cc2n[nH]c(=O)n12. The summed E-state index contributed by atoms with van der Waals surface area (Å²) in [6.07, 6.45) is 0.437. The summed E-state index contributed by atoms with van der Waals surface area (Å²) in [4.78, 5) is 18.1. The summed E-state index contributed by atoms with van der Waals surface area (Å²) in [5.41, 5.74) is 0.257. The summed E-state index contributed by atoms with van der Waals surface area (Å²) in [5.74, 6) is 1.79. The third-order valence-electron chi connectivity index (χ3n) is 2.96. The maximum absolute atomic E-state index is 11.6. The summed E-state index contributed by atoms with van der Waals surface area (Å²) in [7, 11) is 0. The van der Waals surface area contributed by atoms with Crippen LogP contribution in [0.3, 0.4) is 0 Å². The number of nitrogens with zero attached hydrogens (tertiary/aromatic N) is 5. The Morgan fingerprint density at radius 1 is 1.55 bits per heavy atom. The molecule has 0 atom stereocenters. The average molecular weight is 274 g/mol. The molecule has 20 heavy (non-hydrogen) atoms. The van der Waals surface area contributed by atoms with Crippen molar-refractivity contribution >= 4 is 11.5 Å². The van der Waals surface area contributed by atoms with Crippen LogP contribution in [0.15, 0.2) is 10.9 Å². The maximum atomic E-state index is 11.6. The standard InChI is InChI=1S/C13H18N6O/c1-9(2)8-18(6-4-5-14)11-7-12-16-17-13(20)19(12)10(3)15-11/h7,9H,4,6,8H2,1-3H3,(H,17,20). The molecule has 0 aliphatic heterocycles. The van der Waals surface area contributed by atoms with Gasteiger partial charge in [-0.1, -0.05) is 13.8 Å². The Bertz CT molecular complexity index is 693. The number of aromatic amines is 1. The predicted molar refractivity (Wildman–Crippen MR) is 75.6 cm³/mol. The van der Waals surface area contributed by atoms with E-state index < -0.39 is 0 Å². The predicted octanol–water partition coefficient (Wildman–Crippen LogP) is 1.10. The van der Waals surface area contributed by atoms with E-state index in [0.717, 1.165) is 12.4 Å². The minimum atomic E-state index is -0.288. The largest absolute Gasteiger partial charge is 0.355 e. The van der Waals surface area contributed by atoms with Crippen molar-refractivity contribution in [2.45, 2.75) is 27.2 Å². The zero-order chi connectivity index (χ0) is 14.7. The summed E-state index contributed by atoms with van der Waals surface area (Å²) in [5, 5.41) is 15.2. The Kier molecular flexibility index (Phi) is 4.03. The van der Waals surface area contributed by atoms with Gasteiger partial charge in [-0.05, 0) is 12.8 Å². The van der Waals surface area contributed by atoms with Gasteiger partial charge < -0.3 is 4.90 Å². The number of hydrogen-bond acceptors (Lipinski definition) is 5. The molecule has 1 N–H and O–H groups in total. The van der Waals surface area contributed by atoms with E-state index in [1.807, 2.05) is 0 Å². The van der Waals surface area contributed by atoms with Gasteiger partial charge in [-0.15, -0.1) is 0 Å². The highest BCUT2D eigenvalue weighted by molar-refractivity contribution is 5.51. The molecule has 0 aliphatic carbocycles. The molecule has 0 aliphatic rings.